The Morgan fingerprint density at radius 1 is 1.14 bits per heavy atom. The quantitative estimate of drug-likeness (QED) is 0.435. The molecular weight excluding hydrogens is 388 g/mol. The average Bonchev–Trinajstić information content (AvgIpc) is 3.15. The van der Waals surface area contributed by atoms with E-state index in [9.17, 15) is 4.79 Å². The monoisotopic (exact) mass is 410 g/mol. The number of halogens is 1. The van der Waals surface area contributed by atoms with Gasteiger partial charge in [0.15, 0.2) is 6.61 Å². The van der Waals surface area contributed by atoms with Crippen LogP contribution in [0, 0.1) is 0 Å². The lowest BCUT2D eigenvalue weighted by atomic mass is 9.87. The van der Waals surface area contributed by atoms with Crippen molar-refractivity contribution in [1.82, 2.24) is 5.43 Å². The van der Waals surface area contributed by atoms with E-state index in [0.717, 1.165) is 5.56 Å². The fourth-order valence-corrected chi connectivity index (χ4v) is 2.81. The number of nitrogens with zero attached hydrogens (tertiary/aromatic N) is 1. The molecule has 0 unspecified atom stereocenters. The Labute approximate surface area is 175 Å². The zero-order valence-corrected chi connectivity index (χ0v) is 17.4. The first kappa shape index (κ1) is 20.7. The largest absolute Gasteiger partial charge is 0.484 e. The van der Waals surface area contributed by atoms with Crippen LogP contribution < -0.4 is 10.2 Å². The normalized spacial score (nSPS) is 11.6. The SMILES string of the molecule is CC(C)(C)c1ccc(OCC(=O)N/N=C\c2ccc(-c3cccc(Cl)c3)o2)cc1. The third-order valence-electron chi connectivity index (χ3n) is 4.21. The number of hydrazone groups is 1. The smallest absolute Gasteiger partial charge is 0.277 e. The highest BCUT2D eigenvalue weighted by Crippen LogP contribution is 2.25. The summed E-state index contributed by atoms with van der Waals surface area (Å²) in [6.07, 6.45) is 1.43. The van der Waals surface area contributed by atoms with Crippen molar-refractivity contribution < 1.29 is 13.9 Å². The standard InChI is InChI=1S/C23H23ClN2O3/c1-23(2,3)17-7-9-19(10-8-17)28-15-22(27)26-25-14-20-11-12-21(29-20)16-5-4-6-18(24)13-16/h4-14H,15H2,1-3H3,(H,26,27)/b25-14-. The molecule has 1 amide bonds. The van der Waals surface area contributed by atoms with E-state index in [-0.39, 0.29) is 17.9 Å². The molecule has 0 aliphatic heterocycles. The molecule has 1 heterocycles. The molecule has 0 spiro atoms. The van der Waals surface area contributed by atoms with Crippen molar-refractivity contribution in [1.29, 1.82) is 0 Å². The minimum absolute atomic E-state index is 0.0725. The van der Waals surface area contributed by atoms with Crippen LogP contribution in [-0.4, -0.2) is 18.7 Å². The molecule has 6 heteroatoms. The minimum atomic E-state index is -0.359. The predicted octanol–water partition coefficient (Wildman–Crippen LogP) is 5.43. The van der Waals surface area contributed by atoms with Crippen molar-refractivity contribution >= 4 is 23.7 Å². The maximum atomic E-state index is 11.9. The summed E-state index contributed by atoms with van der Waals surface area (Å²) in [5.41, 5.74) is 4.56. The Balaban J connectivity index is 1.49. The molecule has 0 saturated heterocycles. The minimum Gasteiger partial charge on any atom is -0.484 e. The van der Waals surface area contributed by atoms with Crippen LogP contribution in [0.4, 0.5) is 0 Å². The first-order chi connectivity index (χ1) is 13.8. The van der Waals surface area contributed by atoms with Crippen LogP contribution in [0.2, 0.25) is 5.02 Å². The predicted molar refractivity (Wildman–Crippen MR) is 116 cm³/mol. The van der Waals surface area contributed by atoms with Gasteiger partial charge in [0.05, 0.1) is 6.21 Å². The molecule has 1 N–H and O–H groups in total. The molecule has 0 aliphatic rings. The lowest BCUT2D eigenvalue weighted by Gasteiger charge is -2.19. The Morgan fingerprint density at radius 3 is 2.59 bits per heavy atom. The molecule has 2 aromatic carbocycles. The molecular formula is C23H23ClN2O3. The van der Waals surface area contributed by atoms with Crippen LogP contribution in [0.3, 0.4) is 0 Å². The Hall–Kier alpha value is -3.05. The molecule has 0 atom stereocenters. The van der Waals surface area contributed by atoms with Crippen LogP contribution in [0.5, 0.6) is 5.75 Å². The third-order valence-corrected chi connectivity index (χ3v) is 4.44. The summed E-state index contributed by atoms with van der Waals surface area (Å²) in [5.74, 6) is 1.46. The number of hydrogen-bond acceptors (Lipinski definition) is 4. The molecule has 150 valence electrons. The van der Waals surface area contributed by atoms with Gasteiger partial charge < -0.3 is 9.15 Å². The molecule has 0 aliphatic carbocycles. The summed E-state index contributed by atoms with van der Waals surface area (Å²) < 4.78 is 11.2. The van der Waals surface area contributed by atoms with E-state index in [1.54, 1.807) is 12.1 Å². The molecule has 1 aromatic heterocycles. The number of nitrogens with one attached hydrogen (secondary N) is 1. The van der Waals surface area contributed by atoms with Gasteiger partial charge in [-0.05, 0) is 47.4 Å². The highest BCUT2D eigenvalue weighted by atomic mass is 35.5. The van der Waals surface area contributed by atoms with E-state index in [1.165, 1.54) is 11.8 Å². The summed E-state index contributed by atoms with van der Waals surface area (Å²) in [6.45, 7) is 6.31. The molecule has 3 rings (SSSR count). The Kier molecular flexibility index (Phi) is 6.39. The van der Waals surface area contributed by atoms with Gasteiger partial charge in [0.1, 0.15) is 17.3 Å². The van der Waals surface area contributed by atoms with Crippen molar-refractivity contribution in [3.05, 3.63) is 77.0 Å². The molecule has 3 aromatic rings. The summed E-state index contributed by atoms with van der Waals surface area (Å²) in [4.78, 5) is 11.9. The molecule has 29 heavy (non-hydrogen) atoms. The summed E-state index contributed by atoms with van der Waals surface area (Å²) in [5, 5.41) is 4.53. The number of furan rings is 1. The van der Waals surface area contributed by atoms with E-state index >= 15 is 0 Å². The highest BCUT2D eigenvalue weighted by molar-refractivity contribution is 6.30. The number of carbonyl (C=O) groups is 1. The second kappa shape index (κ2) is 8.97. The number of rotatable bonds is 6. The van der Waals surface area contributed by atoms with Gasteiger partial charge in [0, 0.05) is 10.6 Å². The van der Waals surface area contributed by atoms with Crippen LogP contribution in [-0.2, 0) is 10.2 Å². The van der Waals surface area contributed by atoms with E-state index in [0.29, 0.717) is 22.3 Å². The second-order valence-corrected chi connectivity index (χ2v) is 8.01. The van der Waals surface area contributed by atoms with Crippen LogP contribution >= 0.6 is 11.6 Å². The lowest BCUT2D eigenvalue weighted by Crippen LogP contribution is -2.24. The average molecular weight is 411 g/mol. The van der Waals surface area contributed by atoms with E-state index in [1.807, 2.05) is 48.5 Å². The van der Waals surface area contributed by atoms with Crippen molar-refractivity contribution in [3.8, 4) is 17.1 Å². The first-order valence-electron chi connectivity index (χ1n) is 9.22. The Bertz CT molecular complexity index is 1000. The van der Waals surface area contributed by atoms with Crippen molar-refractivity contribution in [2.45, 2.75) is 26.2 Å². The van der Waals surface area contributed by atoms with E-state index in [4.69, 9.17) is 20.8 Å². The van der Waals surface area contributed by atoms with Crippen LogP contribution in [0.25, 0.3) is 11.3 Å². The number of ether oxygens (including phenoxy) is 1. The summed E-state index contributed by atoms with van der Waals surface area (Å²) >= 11 is 5.99. The van der Waals surface area contributed by atoms with E-state index < -0.39 is 0 Å². The van der Waals surface area contributed by atoms with Gasteiger partial charge >= 0.3 is 0 Å². The lowest BCUT2D eigenvalue weighted by molar-refractivity contribution is -0.123. The van der Waals surface area contributed by atoms with Gasteiger partial charge in [-0.2, -0.15) is 5.10 Å². The van der Waals surface area contributed by atoms with Crippen LogP contribution in [0.15, 0.2) is 70.2 Å². The topological polar surface area (TPSA) is 63.8 Å². The van der Waals surface area contributed by atoms with Gasteiger partial charge in [0.2, 0.25) is 0 Å². The maximum absolute atomic E-state index is 11.9. The van der Waals surface area contributed by atoms with Gasteiger partial charge in [0.25, 0.3) is 5.91 Å². The molecule has 0 saturated carbocycles. The zero-order valence-electron chi connectivity index (χ0n) is 16.6. The van der Waals surface area contributed by atoms with Crippen LogP contribution in [0.1, 0.15) is 32.1 Å². The molecule has 0 fully saturated rings. The second-order valence-electron chi connectivity index (χ2n) is 7.57. The highest BCUT2D eigenvalue weighted by Gasteiger charge is 2.13. The fourth-order valence-electron chi connectivity index (χ4n) is 2.62. The molecule has 0 bridgehead atoms. The number of carbonyl (C=O) groups excluding carboxylic acids is 1. The maximum Gasteiger partial charge on any atom is 0.277 e. The molecule has 0 radical (unpaired) electrons. The summed E-state index contributed by atoms with van der Waals surface area (Å²) in [7, 11) is 0. The van der Waals surface area contributed by atoms with Gasteiger partial charge in [-0.25, -0.2) is 5.43 Å². The van der Waals surface area contributed by atoms with Crippen molar-refractivity contribution in [2.24, 2.45) is 5.10 Å². The number of amides is 1. The third kappa shape index (κ3) is 5.96. The molecule has 5 nitrogen and oxygen atoms in total. The summed E-state index contributed by atoms with van der Waals surface area (Å²) in [6, 6.07) is 18.7. The fraction of sp³-hybridized carbons (Fsp3) is 0.217. The van der Waals surface area contributed by atoms with Crippen molar-refractivity contribution in [3.63, 3.8) is 0 Å². The van der Waals surface area contributed by atoms with Crippen molar-refractivity contribution in [2.75, 3.05) is 6.61 Å². The first-order valence-corrected chi connectivity index (χ1v) is 9.60. The van der Waals surface area contributed by atoms with Gasteiger partial charge in [-0.15, -0.1) is 0 Å². The number of hydrogen-bond donors (Lipinski definition) is 1. The van der Waals surface area contributed by atoms with Gasteiger partial charge in [-0.1, -0.05) is 56.6 Å². The van der Waals surface area contributed by atoms with Gasteiger partial charge in [-0.3, -0.25) is 4.79 Å². The van der Waals surface area contributed by atoms with E-state index in [2.05, 4.69) is 31.3 Å². The number of benzene rings is 2. The zero-order chi connectivity index (χ0) is 20.9. The Morgan fingerprint density at radius 2 is 1.90 bits per heavy atom.